The fourth-order valence-electron chi connectivity index (χ4n) is 3.14. The molecule has 0 aromatic heterocycles. The largest absolute Gasteiger partial charge is 0.483 e. The Morgan fingerprint density at radius 3 is 2.73 bits per heavy atom. The quantitative estimate of drug-likeness (QED) is 0.705. The first-order valence-electron chi connectivity index (χ1n) is 8.42. The number of benzene rings is 2. The Morgan fingerprint density at radius 1 is 1.23 bits per heavy atom. The van der Waals surface area contributed by atoms with E-state index in [2.05, 4.69) is 28.9 Å². The highest BCUT2D eigenvalue weighted by Gasteiger charge is 2.28. The smallest absolute Gasteiger partial charge is 0.337 e. The van der Waals surface area contributed by atoms with Gasteiger partial charge in [0.2, 0.25) is 0 Å². The highest BCUT2D eigenvalue weighted by Crippen LogP contribution is 2.31. The summed E-state index contributed by atoms with van der Waals surface area (Å²) in [6.07, 6.45) is 1.91. The monoisotopic (exact) mass is 417 g/mol. The van der Waals surface area contributed by atoms with Crippen LogP contribution in [0.25, 0.3) is 0 Å². The van der Waals surface area contributed by atoms with Crippen LogP contribution in [0, 0.1) is 0 Å². The maximum atomic E-state index is 12.8. The van der Waals surface area contributed by atoms with Crippen molar-refractivity contribution in [2.45, 2.75) is 25.8 Å². The standard InChI is InChI=1S/C20H20BrNO4/c1-13-7-8-14-5-3-4-6-17(14)22(13)19(23)12-26-18-10-9-15(11-16(18)21)20(24)25-2/h3-6,9-11,13H,7-8,12H2,1-2H3. The normalized spacial score (nSPS) is 16.0. The first kappa shape index (κ1) is 18.5. The molecule has 0 radical (unpaired) electrons. The van der Waals surface area contributed by atoms with Gasteiger partial charge in [-0.15, -0.1) is 0 Å². The highest BCUT2D eigenvalue weighted by molar-refractivity contribution is 9.10. The van der Waals surface area contributed by atoms with Crippen LogP contribution < -0.4 is 9.64 Å². The van der Waals surface area contributed by atoms with Gasteiger partial charge in [0.05, 0.1) is 17.1 Å². The van der Waals surface area contributed by atoms with Crippen LogP contribution in [-0.2, 0) is 16.0 Å². The van der Waals surface area contributed by atoms with Crippen molar-refractivity contribution in [3.05, 3.63) is 58.1 Å². The van der Waals surface area contributed by atoms with Gasteiger partial charge in [-0.1, -0.05) is 18.2 Å². The molecule has 5 nitrogen and oxygen atoms in total. The number of esters is 1. The number of fused-ring (bicyclic) bond motifs is 1. The Balaban J connectivity index is 1.72. The fraction of sp³-hybridized carbons (Fsp3) is 0.300. The van der Waals surface area contributed by atoms with E-state index < -0.39 is 5.97 Å². The van der Waals surface area contributed by atoms with Crippen LogP contribution in [-0.4, -0.2) is 31.6 Å². The third kappa shape index (κ3) is 3.75. The molecule has 1 aliphatic rings. The van der Waals surface area contributed by atoms with Crippen molar-refractivity contribution in [1.29, 1.82) is 0 Å². The van der Waals surface area contributed by atoms with E-state index in [-0.39, 0.29) is 18.6 Å². The Morgan fingerprint density at radius 2 is 2.00 bits per heavy atom. The number of methoxy groups -OCH3 is 1. The van der Waals surface area contributed by atoms with Gasteiger partial charge in [0.25, 0.3) is 5.91 Å². The van der Waals surface area contributed by atoms with E-state index in [1.807, 2.05) is 23.1 Å². The second kappa shape index (κ2) is 7.91. The highest BCUT2D eigenvalue weighted by atomic mass is 79.9. The Labute approximate surface area is 161 Å². The summed E-state index contributed by atoms with van der Waals surface area (Å²) in [4.78, 5) is 26.2. The van der Waals surface area contributed by atoms with Crippen molar-refractivity contribution in [1.82, 2.24) is 0 Å². The van der Waals surface area contributed by atoms with E-state index in [0.717, 1.165) is 18.5 Å². The molecule has 0 bridgehead atoms. The molecule has 136 valence electrons. The molecule has 1 atom stereocenters. The van der Waals surface area contributed by atoms with Gasteiger partial charge < -0.3 is 14.4 Å². The minimum Gasteiger partial charge on any atom is -0.483 e. The zero-order valence-corrected chi connectivity index (χ0v) is 16.3. The number of halogens is 1. The molecule has 2 aromatic carbocycles. The number of anilines is 1. The van der Waals surface area contributed by atoms with E-state index in [4.69, 9.17) is 9.47 Å². The number of nitrogens with zero attached hydrogens (tertiary/aromatic N) is 1. The lowest BCUT2D eigenvalue weighted by molar-refractivity contribution is -0.121. The zero-order valence-electron chi connectivity index (χ0n) is 14.7. The molecule has 6 heteroatoms. The molecule has 0 saturated heterocycles. The predicted molar refractivity (Wildman–Crippen MR) is 103 cm³/mol. The molecule has 1 unspecified atom stereocenters. The van der Waals surface area contributed by atoms with Gasteiger partial charge in [-0.2, -0.15) is 0 Å². The van der Waals surface area contributed by atoms with Gasteiger partial charge in [-0.25, -0.2) is 4.79 Å². The number of carbonyl (C=O) groups is 2. The molecule has 0 fully saturated rings. The van der Waals surface area contributed by atoms with E-state index in [1.54, 1.807) is 18.2 Å². The van der Waals surface area contributed by atoms with Crippen molar-refractivity contribution >= 4 is 33.5 Å². The van der Waals surface area contributed by atoms with Crippen LogP contribution in [0.3, 0.4) is 0 Å². The summed E-state index contributed by atoms with van der Waals surface area (Å²) in [5, 5.41) is 0. The van der Waals surface area contributed by atoms with Gasteiger partial charge >= 0.3 is 5.97 Å². The topological polar surface area (TPSA) is 55.8 Å². The van der Waals surface area contributed by atoms with Gasteiger partial charge in [-0.3, -0.25) is 4.79 Å². The van der Waals surface area contributed by atoms with Crippen molar-refractivity contribution in [3.63, 3.8) is 0 Å². The summed E-state index contributed by atoms with van der Waals surface area (Å²) in [7, 11) is 1.33. The fourth-order valence-corrected chi connectivity index (χ4v) is 3.63. The first-order chi connectivity index (χ1) is 12.5. The third-order valence-electron chi connectivity index (χ3n) is 4.50. The number of para-hydroxylation sites is 1. The average molecular weight is 418 g/mol. The van der Waals surface area contributed by atoms with E-state index in [0.29, 0.717) is 15.8 Å². The lowest BCUT2D eigenvalue weighted by Crippen LogP contribution is -2.44. The van der Waals surface area contributed by atoms with Crippen molar-refractivity contribution < 1.29 is 19.1 Å². The second-order valence-electron chi connectivity index (χ2n) is 6.21. The number of hydrogen-bond donors (Lipinski definition) is 0. The average Bonchev–Trinajstić information content (AvgIpc) is 2.66. The lowest BCUT2D eigenvalue weighted by atomic mass is 9.96. The minimum atomic E-state index is -0.424. The maximum absolute atomic E-state index is 12.8. The summed E-state index contributed by atoms with van der Waals surface area (Å²) in [6, 6.07) is 13.0. The number of amides is 1. The Kier molecular flexibility index (Phi) is 5.61. The van der Waals surface area contributed by atoms with Crippen molar-refractivity contribution in [3.8, 4) is 5.75 Å². The van der Waals surface area contributed by atoms with E-state index >= 15 is 0 Å². The lowest BCUT2D eigenvalue weighted by Gasteiger charge is -2.35. The summed E-state index contributed by atoms with van der Waals surface area (Å²) in [5.41, 5.74) is 2.55. The van der Waals surface area contributed by atoms with Gasteiger partial charge in [0, 0.05) is 11.7 Å². The number of aryl methyl sites for hydroxylation is 1. The number of ether oxygens (including phenoxy) is 2. The van der Waals surface area contributed by atoms with Gasteiger partial charge in [0.15, 0.2) is 6.61 Å². The van der Waals surface area contributed by atoms with E-state index in [1.165, 1.54) is 12.7 Å². The molecule has 0 aliphatic carbocycles. The Bertz CT molecular complexity index is 836. The van der Waals surface area contributed by atoms with Crippen LogP contribution in [0.2, 0.25) is 0 Å². The van der Waals surface area contributed by atoms with Crippen molar-refractivity contribution in [2.24, 2.45) is 0 Å². The summed E-state index contributed by atoms with van der Waals surface area (Å²) >= 11 is 3.37. The van der Waals surface area contributed by atoms with Crippen LogP contribution in [0.4, 0.5) is 5.69 Å². The van der Waals surface area contributed by atoms with Crippen LogP contribution >= 0.6 is 15.9 Å². The molecular formula is C20H20BrNO4. The third-order valence-corrected chi connectivity index (χ3v) is 5.12. The summed E-state index contributed by atoms with van der Waals surface area (Å²) in [5.74, 6) is -0.00961. The van der Waals surface area contributed by atoms with Crippen molar-refractivity contribution in [2.75, 3.05) is 18.6 Å². The number of carbonyl (C=O) groups excluding carboxylic acids is 2. The van der Waals surface area contributed by atoms with Gasteiger partial charge in [0.1, 0.15) is 5.75 Å². The first-order valence-corrected chi connectivity index (χ1v) is 9.21. The van der Waals surface area contributed by atoms with Crippen LogP contribution in [0.1, 0.15) is 29.3 Å². The molecule has 3 rings (SSSR count). The number of rotatable bonds is 4. The van der Waals surface area contributed by atoms with E-state index in [9.17, 15) is 9.59 Å². The molecule has 26 heavy (non-hydrogen) atoms. The molecule has 0 spiro atoms. The minimum absolute atomic E-state index is 0.0746. The molecule has 1 heterocycles. The van der Waals surface area contributed by atoms with Crippen LogP contribution in [0.15, 0.2) is 46.9 Å². The number of hydrogen-bond acceptors (Lipinski definition) is 4. The molecule has 1 amide bonds. The second-order valence-corrected chi connectivity index (χ2v) is 7.06. The maximum Gasteiger partial charge on any atom is 0.337 e. The zero-order chi connectivity index (χ0) is 18.7. The van der Waals surface area contributed by atoms with Crippen LogP contribution in [0.5, 0.6) is 5.75 Å². The molecular weight excluding hydrogens is 398 g/mol. The molecule has 0 N–H and O–H groups in total. The molecule has 2 aromatic rings. The summed E-state index contributed by atoms with van der Waals surface area (Å²) in [6.45, 7) is 1.98. The van der Waals surface area contributed by atoms with Gasteiger partial charge in [-0.05, 0) is 65.5 Å². The Hall–Kier alpha value is -2.34. The molecule has 1 aliphatic heterocycles. The SMILES string of the molecule is COC(=O)c1ccc(OCC(=O)N2c3ccccc3CCC2C)c(Br)c1. The molecule has 0 saturated carbocycles. The predicted octanol–water partition coefficient (Wildman–Crippen LogP) is 3.98. The summed E-state index contributed by atoms with van der Waals surface area (Å²) < 4.78 is 11.0.